The second-order valence-corrected chi connectivity index (χ2v) is 2.31. The summed E-state index contributed by atoms with van der Waals surface area (Å²) in [5.74, 6) is -0.332. The van der Waals surface area contributed by atoms with Crippen molar-refractivity contribution in [2.75, 3.05) is 7.11 Å². The summed E-state index contributed by atoms with van der Waals surface area (Å²) in [6, 6.07) is 2.95. The van der Waals surface area contributed by atoms with E-state index in [2.05, 4.69) is 0 Å². The van der Waals surface area contributed by atoms with E-state index in [-0.39, 0.29) is 23.4 Å². The summed E-state index contributed by atoms with van der Waals surface area (Å²) in [6.07, 6.45) is 0. The Bertz CT molecular complexity index is 260. The Kier molecular flexibility index (Phi) is 2.71. The Morgan fingerprint density at radius 2 is 2.25 bits per heavy atom. The lowest BCUT2D eigenvalue weighted by Crippen LogP contribution is -2.14. The standard InChI is InChI=1S/C8H8BFO2/c1-12-6-3-2-5(4-11)8(10)7(6)9/h2-3,11H,4H2,1H3. The van der Waals surface area contributed by atoms with Gasteiger partial charge in [-0.2, -0.15) is 0 Å². The number of ether oxygens (including phenoxy) is 1. The van der Waals surface area contributed by atoms with Crippen molar-refractivity contribution in [3.63, 3.8) is 0 Å². The maximum Gasteiger partial charge on any atom is 0.125 e. The minimum atomic E-state index is -0.614. The first-order valence-corrected chi connectivity index (χ1v) is 3.42. The predicted octanol–water partition coefficient (Wildman–Crippen LogP) is 0.120. The Hall–Kier alpha value is -1.03. The molecule has 2 nitrogen and oxygen atoms in total. The summed E-state index contributed by atoms with van der Waals surface area (Å²) in [5.41, 5.74) is 0.109. The maximum absolute atomic E-state index is 13.1. The zero-order chi connectivity index (χ0) is 9.14. The van der Waals surface area contributed by atoms with E-state index in [1.165, 1.54) is 19.2 Å². The summed E-state index contributed by atoms with van der Waals surface area (Å²) >= 11 is 0. The molecule has 12 heavy (non-hydrogen) atoms. The third kappa shape index (κ3) is 1.43. The molecule has 0 aliphatic carbocycles. The molecule has 62 valence electrons. The molecular weight excluding hydrogens is 158 g/mol. The van der Waals surface area contributed by atoms with Gasteiger partial charge in [-0.25, -0.2) is 4.39 Å². The summed E-state index contributed by atoms with van der Waals surface area (Å²) in [7, 11) is 6.76. The highest BCUT2D eigenvalue weighted by Crippen LogP contribution is 2.12. The molecule has 0 heterocycles. The van der Waals surface area contributed by atoms with Crippen LogP contribution < -0.4 is 10.2 Å². The lowest BCUT2D eigenvalue weighted by atomic mass is 9.92. The molecular formula is C8H8BFO2. The molecule has 0 saturated heterocycles. The highest BCUT2D eigenvalue weighted by Gasteiger charge is 2.07. The quantitative estimate of drug-likeness (QED) is 0.632. The summed E-state index contributed by atoms with van der Waals surface area (Å²) in [5, 5.41) is 8.67. The molecule has 0 saturated carbocycles. The van der Waals surface area contributed by atoms with Gasteiger partial charge in [0.25, 0.3) is 0 Å². The molecule has 0 aromatic heterocycles. The van der Waals surface area contributed by atoms with Crippen LogP contribution in [0.1, 0.15) is 5.56 Å². The van der Waals surface area contributed by atoms with E-state index in [0.717, 1.165) is 0 Å². The fourth-order valence-electron chi connectivity index (χ4n) is 0.920. The molecule has 0 aliphatic rings. The van der Waals surface area contributed by atoms with Gasteiger partial charge in [-0.3, -0.25) is 0 Å². The maximum atomic E-state index is 13.1. The molecule has 0 bridgehead atoms. The van der Waals surface area contributed by atoms with Crippen LogP contribution in [0.25, 0.3) is 0 Å². The largest absolute Gasteiger partial charge is 0.497 e. The third-order valence-corrected chi connectivity index (χ3v) is 1.61. The normalized spacial score (nSPS) is 9.92. The highest BCUT2D eigenvalue weighted by atomic mass is 19.1. The van der Waals surface area contributed by atoms with E-state index in [1.54, 1.807) is 0 Å². The number of aliphatic hydroxyl groups excluding tert-OH is 1. The number of aliphatic hydroxyl groups is 1. The van der Waals surface area contributed by atoms with Crippen LogP contribution in [0.5, 0.6) is 5.75 Å². The second-order valence-electron chi connectivity index (χ2n) is 2.31. The van der Waals surface area contributed by atoms with Gasteiger partial charge in [-0.1, -0.05) is 6.07 Å². The van der Waals surface area contributed by atoms with Gasteiger partial charge >= 0.3 is 0 Å². The van der Waals surface area contributed by atoms with Crippen molar-refractivity contribution in [1.29, 1.82) is 0 Å². The van der Waals surface area contributed by atoms with E-state index in [9.17, 15) is 4.39 Å². The van der Waals surface area contributed by atoms with Crippen molar-refractivity contribution >= 4 is 13.3 Å². The molecule has 0 atom stereocenters. The van der Waals surface area contributed by atoms with Gasteiger partial charge in [0.05, 0.1) is 13.7 Å². The number of halogens is 1. The Morgan fingerprint density at radius 1 is 1.58 bits per heavy atom. The molecule has 0 fully saturated rings. The first-order chi connectivity index (χ1) is 5.70. The predicted molar refractivity (Wildman–Crippen MR) is 44.3 cm³/mol. The topological polar surface area (TPSA) is 29.5 Å². The number of hydrogen-bond acceptors (Lipinski definition) is 2. The van der Waals surface area contributed by atoms with Gasteiger partial charge in [0.1, 0.15) is 19.4 Å². The van der Waals surface area contributed by atoms with Gasteiger partial charge in [-0.05, 0) is 11.5 Å². The van der Waals surface area contributed by atoms with Gasteiger partial charge < -0.3 is 9.84 Å². The van der Waals surface area contributed by atoms with Crippen LogP contribution >= 0.6 is 0 Å². The van der Waals surface area contributed by atoms with Crippen molar-refractivity contribution in [2.24, 2.45) is 0 Å². The summed E-state index contributed by atoms with van der Waals surface area (Å²) in [4.78, 5) is 0. The molecule has 0 amide bonds. The SMILES string of the molecule is [B]c1c(OC)ccc(CO)c1F. The fourth-order valence-corrected chi connectivity index (χ4v) is 0.920. The van der Waals surface area contributed by atoms with Crippen LogP contribution in [0.3, 0.4) is 0 Å². The molecule has 4 heteroatoms. The van der Waals surface area contributed by atoms with E-state index in [0.29, 0.717) is 0 Å². The number of benzene rings is 1. The number of methoxy groups -OCH3 is 1. The lowest BCUT2D eigenvalue weighted by Gasteiger charge is -2.07. The number of rotatable bonds is 2. The molecule has 0 aliphatic heterocycles. The highest BCUT2D eigenvalue weighted by molar-refractivity contribution is 6.34. The van der Waals surface area contributed by atoms with Crippen LogP contribution in [-0.4, -0.2) is 20.1 Å². The smallest absolute Gasteiger partial charge is 0.125 e. The monoisotopic (exact) mass is 166 g/mol. The van der Waals surface area contributed by atoms with Crippen LogP contribution in [0.15, 0.2) is 12.1 Å². The van der Waals surface area contributed by atoms with Gasteiger partial charge in [0, 0.05) is 5.56 Å². The van der Waals surface area contributed by atoms with Crippen LogP contribution in [0, 0.1) is 5.82 Å². The van der Waals surface area contributed by atoms with Gasteiger partial charge in [0.2, 0.25) is 0 Å². The molecule has 2 radical (unpaired) electrons. The third-order valence-electron chi connectivity index (χ3n) is 1.61. The second kappa shape index (κ2) is 3.58. The molecule has 1 aromatic rings. The van der Waals surface area contributed by atoms with E-state index in [1.807, 2.05) is 0 Å². The van der Waals surface area contributed by atoms with Crippen molar-refractivity contribution in [3.05, 3.63) is 23.5 Å². The summed E-state index contributed by atoms with van der Waals surface area (Å²) in [6.45, 7) is -0.361. The minimum Gasteiger partial charge on any atom is -0.497 e. The lowest BCUT2D eigenvalue weighted by molar-refractivity contribution is 0.275. The molecule has 0 spiro atoms. The Balaban J connectivity index is 3.20. The average Bonchev–Trinajstić information content (AvgIpc) is 2.10. The van der Waals surface area contributed by atoms with E-state index >= 15 is 0 Å². The van der Waals surface area contributed by atoms with Gasteiger partial charge in [0.15, 0.2) is 0 Å². The number of hydrogen-bond donors (Lipinski definition) is 1. The fraction of sp³-hybridized carbons (Fsp3) is 0.250. The van der Waals surface area contributed by atoms with Crippen LogP contribution in [0.2, 0.25) is 0 Å². The van der Waals surface area contributed by atoms with Crippen LogP contribution in [0.4, 0.5) is 4.39 Å². The molecule has 1 rings (SSSR count). The van der Waals surface area contributed by atoms with Crippen molar-refractivity contribution in [3.8, 4) is 5.75 Å². The zero-order valence-electron chi connectivity index (χ0n) is 6.67. The molecule has 0 unspecified atom stereocenters. The zero-order valence-corrected chi connectivity index (χ0v) is 6.67. The van der Waals surface area contributed by atoms with Gasteiger partial charge in [-0.15, -0.1) is 0 Å². The average molecular weight is 166 g/mol. The van der Waals surface area contributed by atoms with Crippen molar-refractivity contribution in [2.45, 2.75) is 6.61 Å². The van der Waals surface area contributed by atoms with Crippen molar-refractivity contribution < 1.29 is 14.2 Å². The Morgan fingerprint density at radius 3 is 2.75 bits per heavy atom. The molecule has 1 N–H and O–H groups in total. The minimum absolute atomic E-state index is 0.0657. The van der Waals surface area contributed by atoms with Crippen LogP contribution in [-0.2, 0) is 6.61 Å². The first-order valence-electron chi connectivity index (χ1n) is 3.42. The Labute approximate surface area is 71.4 Å². The first kappa shape index (κ1) is 9.07. The molecule has 1 aromatic carbocycles. The summed E-state index contributed by atoms with van der Waals surface area (Å²) < 4.78 is 17.9. The van der Waals surface area contributed by atoms with E-state index in [4.69, 9.17) is 17.7 Å². The van der Waals surface area contributed by atoms with Crippen molar-refractivity contribution in [1.82, 2.24) is 0 Å². The van der Waals surface area contributed by atoms with E-state index < -0.39 is 5.82 Å².